The third-order valence-corrected chi connectivity index (χ3v) is 3.25. The van der Waals surface area contributed by atoms with E-state index in [-0.39, 0.29) is 5.82 Å². The Morgan fingerprint density at radius 3 is 2.94 bits per heavy atom. The number of benzene rings is 1. The predicted molar refractivity (Wildman–Crippen MR) is 66.2 cm³/mol. The van der Waals surface area contributed by atoms with Gasteiger partial charge in [-0.25, -0.2) is 4.39 Å². The van der Waals surface area contributed by atoms with Gasteiger partial charge in [0, 0.05) is 30.6 Å². The minimum Gasteiger partial charge on any atom is -0.386 e. The summed E-state index contributed by atoms with van der Waals surface area (Å²) in [7, 11) is 0. The molecule has 1 fully saturated rings. The third-order valence-electron chi connectivity index (χ3n) is 2.79. The lowest BCUT2D eigenvalue weighted by Gasteiger charge is -2.20. The fraction of sp³-hybridized carbons (Fsp3) is 0.500. The van der Waals surface area contributed by atoms with Crippen LogP contribution in [0.3, 0.4) is 0 Å². The van der Waals surface area contributed by atoms with Gasteiger partial charge in [-0.3, -0.25) is 0 Å². The Bertz CT molecular complexity index is 374. The first kappa shape index (κ1) is 13.0. The third kappa shape index (κ3) is 3.74. The van der Waals surface area contributed by atoms with Gasteiger partial charge >= 0.3 is 0 Å². The Morgan fingerprint density at radius 2 is 2.29 bits per heavy atom. The van der Waals surface area contributed by atoms with Crippen molar-refractivity contribution in [1.29, 1.82) is 0 Å². The van der Waals surface area contributed by atoms with Crippen molar-refractivity contribution in [3.8, 4) is 0 Å². The molecule has 5 heteroatoms. The molecule has 0 amide bonds. The molecule has 17 heavy (non-hydrogen) atoms. The van der Waals surface area contributed by atoms with Crippen LogP contribution in [0.15, 0.2) is 22.7 Å². The molecule has 0 aromatic heterocycles. The summed E-state index contributed by atoms with van der Waals surface area (Å²) in [6.07, 6.45) is 0.646. The molecule has 0 saturated carbocycles. The largest absolute Gasteiger partial charge is 0.386 e. The van der Waals surface area contributed by atoms with Gasteiger partial charge in [0.15, 0.2) is 0 Å². The van der Waals surface area contributed by atoms with Crippen LogP contribution in [0.25, 0.3) is 0 Å². The number of hydrogen-bond acceptors (Lipinski definition) is 3. The Balaban J connectivity index is 1.85. The molecule has 1 aromatic rings. The van der Waals surface area contributed by atoms with Crippen LogP contribution in [0.5, 0.6) is 0 Å². The van der Waals surface area contributed by atoms with E-state index in [1.54, 1.807) is 0 Å². The van der Waals surface area contributed by atoms with Crippen molar-refractivity contribution >= 4 is 15.9 Å². The van der Waals surface area contributed by atoms with Crippen molar-refractivity contribution < 1.29 is 14.2 Å². The molecule has 0 bridgehead atoms. The standard InChI is InChI=1S/C12H15BrFNO2/c13-10-3-9(4-11(14)5-10)6-15-7-12(16)1-2-17-8-12/h3-5,15-16H,1-2,6-8H2. The lowest BCUT2D eigenvalue weighted by molar-refractivity contribution is 0.0268. The Labute approximate surface area is 108 Å². The number of ether oxygens (including phenoxy) is 1. The van der Waals surface area contributed by atoms with E-state index in [9.17, 15) is 9.50 Å². The molecule has 1 unspecified atom stereocenters. The summed E-state index contributed by atoms with van der Waals surface area (Å²) in [5, 5.41) is 13.1. The van der Waals surface area contributed by atoms with Gasteiger partial charge in [-0.15, -0.1) is 0 Å². The first-order chi connectivity index (χ1) is 8.07. The van der Waals surface area contributed by atoms with Gasteiger partial charge in [0.05, 0.1) is 6.61 Å². The molecule has 1 saturated heterocycles. The number of halogens is 2. The van der Waals surface area contributed by atoms with E-state index in [4.69, 9.17) is 4.74 Å². The van der Waals surface area contributed by atoms with Crippen LogP contribution in [0.2, 0.25) is 0 Å². The zero-order valence-corrected chi connectivity index (χ0v) is 11.0. The molecule has 1 aliphatic heterocycles. The Hall–Kier alpha value is -0.490. The Morgan fingerprint density at radius 1 is 1.47 bits per heavy atom. The SMILES string of the molecule is OC1(CNCc2cc(F)cc(Br)c2)CCOC1. The van der Waals surface area contributed by atoms with E-state index in [0.717, 1.165) is 10.0 Å². The van der Waals surface area contributed by atoms with E-state index >= 15 is 0 Å². The highest BCUT2D eigenvalue weighted by Crippen LogP contribution is 2.18. The summed E-state index contributed by atoms with van der Waals surface area (Å²) in [6, 6.07) is 4.75. The predicted octanol–water partition coefficient (Wildman–Crippen LogP) is 1.83. The van der Waals surface area contributed by atoms with Crippen LogP contribution in [-0.2, 0) is 11.3 Å². The molecule has 0 aliphatic carbocycles. The smallest absolute Gasteiger partial charge is 0.124 e. The summed E-state index contributed by atoms with van der Waals surface area (Å²) < 4.78 is 19.0. The molecule has 1 aromatic carbocycles. The second-order valence-corrected chi connectivity index (χ2v) is 5.32. The topological polar surface area (TPSA) is 41.5 Å². The molecule has 2 N–H and O–H groups in total. The first-order valence-electron chi connectivity index (χ1n) is 5.53. The lowest BCUT2D eigenvalue weighted by atomic mass is 10.0. The van der Waals surface area contributed by atoms with E-state index in [1.807, 2.05) is 6.07 Å². The molecule has 1 atom stereocenters. The summed E-state index contributed by atoms with van der Waals surface area (Å²) in [4.78, 5) is 0. The number of aliphatic hydroxyl groups is 1. The van der Waals surface area contributed by atoms with Crippen LogP contribution in [0.4, 0.5) is 4.39 Å². The summed E-state index contributed by atoms with van der Waals surface area (Å²) in [6.45, 7) is 1.95. The van der Waals surface area contributed by atoms with Crippen molar-refractivity contribution in [3.05, 3.63) is 34.1 Å². The van der Waals surface area contributed by atoms with Gasteiger partial charge in [-0.05, 0) is 23.8 Å². The highest BCUT2D eigenvalue weighted by Gasteiger charge is 2.31. The molecule has 0 radical (unpaired) electrons. The quantitative estimate of drug-likeness (QED) is 0.892. The van der Waals surface area contributed by atoms with Crippen molar-refractivity contribution in [2.45, 2.75) is 18.6 Å². The van der Waals surface area contributed by atoms with Crippen molar-refractivity contribution in [2.24, 2.45) is 0 Å². The van der Waals surface area contributed by atoms with E-state index < -0.39 is 5.60 Å². The summed E-state index contributed by atoms with van der Waals surface area (Å²) in [5.41, 5.74) is 0.0734. The number of hydrogen-bond donors (Lipinski definition) is 2. The fourth-order valence-corrected chi connectivity index (χ4v) is 2.40. The van der Waals surface area contributed by atoms with E-state index in [0.29, 0.717) is 32.7 Å². The number of nitrogens with one attached hydrogen (secondary N) is 1. The molecule has 2 rings (SSSR count). The summed E-state index contributed by atoms with van der Waals surface area (Å²) in [5.74, 6) is -0.265. The zero-order valence-electron chi connectivity index (χ0n) is 9.38. The Kier molecular flexibility index (Phi) is 4.14. The van der Waals surface area contributed by atoms with E-state index in [1.165, 1.54) is 12.1 Å². The molecular formula is C12H15BrFNO2. The van der Waals surface area contributed by atoms with Gasteiger partial charge < -0.3 is 15.2 Å². The second kappa shape index (κ2) is 5.44. The van der Waals surface area contributed by atoms with Crippen molar-refractivity contribution in [2.75, 3.05) is 19.8 Å². The maximum absolute atomic E-state index is 13.1. The van der Waals surface area contributed by atoms with Crippen LogP contribution in [-0.4, -0.2) is 30.5 Å². The monoisotopic (exact) mass is 303 g/mol. The van der Waals surface area contributed by atoms with E-state index in [2.05, 4.69) is 21.2 Å². The van der Waals surface area contributed by atoms with Crippen LogP contribution in [0, 0.1) is 5.82 Å². The molecule has 3 nitrogen and oxygen atoms in total. The summed E-state index contributed by atoms with van der Waals surface area (Å²) >= 11 is 3.24. The molecule has 1 aliphatic rings. The molecule has 0 spiro atoms. The molecular weight excluding hydrogens is 289 g/mol. The van der Waals surface area contributed by atoms with Gasteiger partial charge in [0.25, 0.3) is 0 Å². The average molecular weight is 304 g/mol. The minimum absolute atomic E-state index is 0.265. The van der Waals surface area contributed by atoms with Gasteiger partial charge in [0.2, 0.25) is 0 Å². The van der Waals surface area contributed by atoms with Gasteiger partial charge in [-0.2, -0.15) is 0 Å². The highest BCUT2D eigenvalue weighted by atomic mass is 79.9. The van der Waals surface area contributed by atoms with Crippen LogP contribution in [0.1, 0.15) is 12.0 Å². The normalized spacial score (nSPS) is 24.2. The second-order valence-electron chi connectivity index (χ2n) is 4.41. The van der Waals surface area contributed by atoms with Crippen LogP contribution < -0.4 is 5.32 Å². The first-order valence-corrected chi connectivity index (χ1v) is 6.33. The minimum atomic E-state index is -0.773. The average Bonchev–Trinajstić information content (AvgIpc) is 2.64. The maximum atomic E-state index is 13.1. The van der Waals surface area contributed by atoms with Gasteiger partial charge in [-0.1, -0.05) is 15.9 Å². The molecule has 94 valence electrons. The van der Waals surface area contributed by atoms with Crippen molar-refractivity contribution in [1.82, 2.24) is 5.32 Å². The highest BCUT2D eigenvalue weighted by molar-refractivity contribution is 9.10. The van der Waals surface area contributed by atoms with Crippen LogP contribution >= 0.6 is 15.9 Å². The van der Waals surface area contributed by atoms with Crippen molar-refractivity contribution in [3.63, 3.8) is 0 Å². The lowest BCUT2D eigenvalue weighted by Crippen LogP contribution is -2.40. The zero-order chi connectivity index (χ0) is 12.3. The maximum Gasteiger partial charge on any atom is 0.124 e. The van der Waals surface area contributed by atoms with Gasteiger partial charge in [0.1, 0.15) is 11.4 Å². The fourth-order valence-electron chi connectivity index (χ4n) is 1.89. The molecule has 1 heterocycles. The number of rotatable bonds is 4.